The van der Waals surface area contributed by atoms with Crippen LogP contribution in [0.5, 0.6) is 0 Å². The maximum atomic E-state index is 13.3. The van der Waals surface area contributed by atoms with Crippen LogP contribution in [0.15, 0.2) is 40.9 Å². The average molecular weight is 512 g/mol. The molecule has 32 heavy (non-hydrogen) atoms. The van der Waals surface area contributed by atoms with Gasteiger partial charge < -0.3 is 24.4 Å². The van der Waals surface area contributed by atoms with Gasteiger partial charge >= 0.3 is 6.09 Å². The summed E-state index contributed by atoms with van der Waals surface area (Å²) in [5.74, 6) is -3.26. The van der Waals surface area contributed by atoms with Crippen LogP contribution in [0.1, 0.15) is 37.9 Å². The van der Waals surface area contributed by atoms with Gasteiger partial charge in [-0.25, -0.2) is 9.69 Å². The topological polar surface area (TPSA) is 123 Å². The van der Waals surface area contributed by atoms with Crippen molar-refractivity contribution < 1.29 is 38.8 Å². The summed E-state index contributed by atoms with van der Waals surface area (Å²) in [5, 5.41) is 19.9. The van der Waals surface area contributed by atoms with Crippen LogP contribution in [0.2, 0.25) is 0 Å². The lowest BCUT2D eigenvalue weighted by Gasteiger charge is -2.38. The summed E-state index contributed by atoms with van der Waals surface area (Å²) >= 11 is 3.15. The highest BCUT2D eigenvalue weighted by Gasteiger charge is 2.51. The summed E-state index contributed by atoms with van der Waals surface area (Å²) in [7, 11) is 1.22. The molecule has 5 unspecified atom stereocenters. The Balaban J connectivity index is 1.82. The lowest BCUT2D eigenvalue weighted by Crippen LogP contribution is -2.56. The minimum Gasteiger partial charge on any atom is -0.439 e. The first-order valence-electron chi connectivity index (χ1n) is 10.3. The Morgan fingerprint density at radius 2 is 1.97 bits per heavy atom. The van der Waals surface area contributed by atoms with Crippen LogP contribution in [0.25, 0.3) is 0 Å². The molecule has 0 bridgehead atoms. The molecule has 0 radical (unpaired) electrons. The number of aliphatic hydroxyl groups is 2. The molecular formula is C22H26BrNO8. The van der Waals surface area contributed by atoms with Gasteiger partial charge in [-0.2, -0.15) is 0 Å². The van der Waals surface area contributed by atoms with Crippen LogP contribution in [0.4, 0.5) is 4.79 Å². The summed E-state index contributed by atoms with van der Waals surface area (Å²) in [6.45, 7) is 1.61. The van der Waals surface area contributed by atoms with Crippen molar-refractivity contribution in [2.45, 2.75) is 56.3 Å². The SMILES string of the molecule is COC(C(=O)N1C(=O)OC(c2ccccc2)C1C)C1OC(O)(CCCCO)C(Br)=CC1=O. The first kappa shape index (κ1) is 24.5. The number of ketones is 1. The highest BCUT2D eigenvalue weighted by molar-refractivity contribution is 9.11. The second-order valence-corrected chi connectivity index (χ2v) is 8.57. The Morgan fingerprint density at radius 3 is 2.59 bits per heavy atom. The molecule has 10 heteroatoms. The molecule has 2 N–H and O–H groups in total. The second kappa shape index (κ2) is 10.2. The number of nitrogens with zero attached hydrogens (tertiary/aromatic N) is 1. The molecule has 0 spiro atoms. The quantitative estimate of drug-likeness (QED) is 0.509. The molecule has 0 aliphatic carbocycles. The number of amides is 2. The van der Waals surface area contributed by atoms with E-state index < -0.39 is 47.9 Å². The van der Waals surface area contributed by atoms with Crippen molar-refractivity contribution in [3.63, 3.8) is 0 Å². The van der Waals surface area contributed by atoms with Gasteiger partial charge in [0.1, 0.15) is 6.10 Å². The number of hydrogen-bond donors (Lipinski definition) is 2. The van der Waals surface area contributed by atoms with E-state index in [9.17, 15) is 19.5 Å². The van der Waals surface area contributed by atoms with Gasteiger partial charge in [0.15, 0.2) is 23.8 Å². The molecule has 174 valence electrons. The van der Waals surface area contributed by atoms with E-state index in [1.54, 1.807) is 31.2 Å². The van der Waals surface area contributed by atoms with Crippen LogP contribution in [0.3, 0.4) is 0 Å². The van der Waals surface area contributed by atoms with E-state index >= 15 is 0 Å². The summed E-state index contributed by atoms with van der Waals surface area (Å²) in [4.78, 5) is 39.4. The number of halogens is 1. The molecule has 5 atom stereocenters. The minimum absolute atomic E-state index is 0.0590. The summed E-state index contributed by atoms with van der Waals surface area (Å²) < 4.78 is 16.5. The van der Waals surface area contributed by atoms with Crippen molar-refractivity contribution in [2.75, 3.05) is 13.7 Å². The maximum Gasteiger partial charge on any atom is 0.417 e. The predicted molar refractivity (Wildman–Crippen MR) is 116 cm³/mol. The van der Waals surface area contributed by atoms with Gasteiger partial charge in [0.05, 0.1) is 10.5 Å². The molecule has 1 aromatic rings. The van der Waals surface area contributed by atoms with Gasteiger partial charge in [0, 0.05) is 20.1 Å². The first-order valence-corrected chi connectivity index (χ1v) is 11.1. The van der Waals surface area contributed by atoms with E-state index in [2.05, 4.69) is 15.9 Å². The molecule has 9 nitrogen and oxygen atoms in total. The Hall–Kier alpha value is -2.11. The number of rotatable bonds is 8. The number of cyclic esters (lactones) is 1. The molecule has 2 heterocycles. The van der Waals surface area contributed by atoms with E-state index in [0.29, 0.717) is 12.8 Å². The van der Waals surface area contributed by atoms with Crippen LogP contribution < -0.4 is 0 Å². The van der Waals surface area contributed by atoms with Crippen LogP contribution in [-0.4, -0.2) is 70.7 Å². The number of carbonyl (C=O) groups is 3. The Labute approximate surface area is 194 Å². The molecular weight excluding hydrogens is 486 g/mol. The fourth-order valence-electron chi connectivity index (χ4n) is 3.85. The molecule has 1 aromatic carbocycles. The number of ether oxygens (including phenoxy) is 3. The van der Waals surface area contributed by atoms with E-state index in [4.69, 9.17) is 19.3 Å². The van der Waals surface area contributed by atoms with E-state index in [1.165, 1.54) is 7.11 Å². The van der Waals surface area contributed by atoms with Crippen LogP contribution in [0, 0.1) is 0 Å². The molecule has 0 aromatic heterocycles. The largest absolute Gasteiger partial charge is 0.439 e. The molecule has 1 fully saturated rings. The highest BCUT2D eigenvalue weighted by atomic mass is 79.9. The third kappa shape index (κ3) is 4.79. The van der Waals surface area contributed by atoms with Crippen LogP contribution >= 0.6 is 15.9 Å². The van der Waals surface area contributed by atoms with Gasteiger partial charge in [-0.05, 0) is 47.3 Å². The van der Waals surface area contributed by atoms with E-state index in [1.807, 2.05) is 6.07 Å². The van der Waals surface area contributed by atoms with E-state index in [0.717, 1.165) is 16.5 Å². The number of benzene rings is 1. The van der Waals surface area contributed by atoms with Gasteiger partial charge in [-0.15, -0.1) is 0 Å². The molecule has 2 amide bonds. The standard InChI is InChI=1S/C22H26BrNO8/c1-13-17(14-8-4-3-5-9-14)31-21(28)24(13)20(27)19(30-2)18-15(26)12-16(23)22(29,32-18)10-6-7-11-25/h3-5,8-9,12-13,17-19,25,29H,6-7,10-11H2,1-2H3. The molecule has 2 aliphatic heterocycles. The van der Waals surface area contributed by atoms with Gasteiger partial charge in [-0.1, -0.05) is 30.3 Å². The van der Waals surface area contributed by atoms with Gasteiger partial charge in [0.2, 0.25) is 0 Å². The Kier molecular flexibility index (Phi) is 7.84. The summed E-state index contributed by atoms with van der Waals surface area (Å²) in [6, 6.07) is 8.36. The maximum absolute atomic E-state index is 13.3. The lowest BCUT2D eigenvalue weighted by atomic mass is 9.98. The van der Waals surface area contributed by atoms with Crippen molar-refractivity contribution in [1.82, 2.24) is 4.90 Å². The Morgan fingerprint density at radius 1 is 1.28 bits per heavy atom. The van der Waals surface area contributed by atoms with Crippen LogP contribution in [-0.2, 0) is 23.8 Å². The first-order chi connectivity index (χ1) is 15.2. The van der Waals surface area contributed by atoms with Crippen molar-refractivity contribution in [1.29, 1.82) is 0 Å². The number of aliphatic hydroxyl groups excluding tert-OH is 1. The van der Waals surface area contributed by atoms with E-state index in [-0.39, 0.29) is 17.5 Å². The zero-order valence-corrected chi connectivity index (χ0v) is 19.4. The normalized spacial score (nSPS) is 29.0. The highest BCUT2D eigenvalue weighted by Crippen LogP contribution is 2.37. The zero-order chi connectivity index (χ0) is 23.5. The van der Waals surface area contributed by atoms with Crippen molar-refractivity contribution in [3.8, 4) is 0 Å². The van der Waals surface area contributed by atoms with Gasteiger partial charge in [-0.3, -0.25) is 9.59 Å². The molecule has 0 saturated carbocycles. The molecule has 2 aliphatic rings. The van der Waals surface area contributed by atoms with Crippen molar-refractivity contribution in [3.05, 3.63) is 46.5 Å². The number of methoxy groups -OCH3 is 1. The van der Waals surface area contributed by atoms with Gasteiger partial charge in [0.25, 0.3) is 5.91 Å². The average Bonchev–Trinajstić information content (AvgIpc) is 3.07. The third-order valence-corrected chi connectivity index (χ3v) is 6.42. The fourth-order valence-corrected chi connectivity index (χ4v) is 4.36. The lowest BCUT2D eigenvalue weighted by molar-refractivity contribution is -0.227. The van der Waals surface area contributed by atoms with Crippen molar-refractivity contribution in [2.24, 2.45) is 0 Å². The second-order valence-electron chi connectivity index (χ2n) is 7.72. The number of unbranched alkanes of at least 4 members (excludes halogenated alkanes) is 1. The van der Waals surface area contributed by atoms with Crippen molar-refractivity contribution >= 4 is 33.7 Å². The third-order valence-electron chi connectivity index (χ3n) is 5.58. The number of imide groups is 1. The Bertz CT molecular complexity index is 891. The smallest absolute Gasteiger partial charge is 0.417 e. The fraction of sp³-hybridized carbons (Fsp3) is 0.500. The molecule has 1 saturated heterocycles. The molecule has 3 rings (SSSR count). The monoisotopic (exact) mass is 511 g/mol. The number of carbonyl (C=O) groups excluding carboxylic acids is 3. The summed E-state index contributed by atoms with van der Waals surface area (Å²) in [6.07, 6.45) is -2.40. The predicted octanol–water partition coefficient (Wildman–Crippen LogP) is 2.21. The number of hydrogen-bond acceptors (Lipinski definition) is 8. The summed E-state index contributed by atoms with van der Waals surface area (Å²) in [5.41, 5.74) is 0.729. The zero-order valence-electron chi connectivity index (χ0n) is 17.8. The minimum atomic E-state index is -1.87.